The molecule has 1 amide bonds. The van der Waals surface area contributed by atoms with Gasteiger partial charge in [-0.15, -0.1) is 0 Å². The maximum Gasteiger partial charge on any atom is 0.326 e. The van der Waals surface area contributed by atoms with Crippen LogP contribution in [0.25, 0.3) is 0 Å². The Bertz CT molecular complexity index is 321. The molecule has 6 nitrogen and oxygen atoms in total. The maximum absolute atomic E-state index is 12.1. The predicted octanol–water partition coefficient (Wildman–Crippen LogP) is -0.825. The second kappa shape index (κ2) is 5.01. The number of amides is 1. The van der Waals surface area contributed by atoms with Crippen molar-refractivity contribution in [1.82, 2.24) is 10.2 Å². The molecule has 0 aliphatic carbocycles. The van der Waals surface area contributed by atoms with Crippen LogP contribution >= 0.6 is 0 Å². The minimum absolute atomic E-state index is 0.186. The summed E-state index contributed by atoms with van der Waals surface area (Å²) < 4.78 is 0. The summed E-state index contributed by atoms with van der Waals surface area (Å²) in [6.45, 7) is 0.909. The van der Waals surface area contributed by atoms with E-state index < -0.39 is 24.2 Å². The molecule has 0 bridgehead atoms. The van der Waals surface area contributed by atoms with E-state index >= 15 is 0 Å². The first-order chi connectivity index (χ1) is 8.09. The van der Waals surface area contributed by atoms with Crippen LogP contribution in [0.1, 0.15) is 25.7 Å². The van der Waals surface area contributed by atoms with Crippen molar-refractivity contribution in [1.29, 1.82) is 0 Å². The monoisotopic (exact) mass is 242 g/mol. The number of aliphatic hydroxyl groups excluding tert-OH is 1. The zero-order valence-corrected chi connectivity index (χ0v) is 9.63. The Morgan fingerprint density at radius 2 is 2.06 bits per heavy atom. The van der Waals surface area contributed by atoms with Gasteiger partial charge >= 0.3 is 5.97 Å². The number of carbonyl (C=O) groups is 2. The van der Waals surface area contributed by atoms with Crippen LogP contribution in [0.5, 0.6) is 0 Å². The van der Waals surface area contributed by atoms with Gasteiger partial charge in [0.15, 0.2) is 0 Å². The number of aliphatic carboxylic acids is 1. The van der Waals surface area contributed by atoms with Gasteiger partial charge in [-0.3, -0.25) is 4.79 Å². The summed E-state index contributed by atoms with van der Waals surface area (Å²) in [6.07, 6.45) is 2.10. The molecule has 3 atom stereocenters. The number of hydrogen-bond donors (Lipinski definition) is 3. The average Bonchev–Trinajstić information content (AvgIpc) is 2.75. The van der Waals surface area contributed by atoms with E-state index in [2.05, 4.69) is 5.32 Å². The van der Waals surface area contributed by atoms with Crippen LogP contribution in [0.4, 0.5) is 0 Å². The number of hydrogen-bond acceptors (Lipinski definition) is 4. The van der Waals surface area contributed by atoms with E-state index in [1.165, 1.54) is 4.90 Å². The van der Waals surface area contributed by atoms with Gasteiger partial charge in [0.05, 0.1) is 12.1 Å². The molecule has 2 saturated heterocycles. The third kappa shape index (κ3) is 2.58. The van der Waals surface area contributed by atoms with Crippen LogP contribution in [-0.4, -0.2) is 58.3 Å². The topological polar surface area (TPSA) is 89.9 Å². The molecule has 0 radical (unpaired) electrons. The van der Waals surface area contributed by atoms with E-state index in [1.807, 2.05) is 0 Å². The van der Waals surface area contributed by atoms with Gasteiger partial charge in [-0.25, -0.2) is 4.79 Å². The van der Waals surface area contributed by atoms with Crippen molar-refractivity contribution in [3.63, 3.8) is 0 Å². The Hall–Kier alpha value is -1.14. The smallest absolute Gasteiger partial charge is 0.326 e. The van der Waals surface area contributed by atoms with E-state index in [1.54, 1.807) is 0 Å². The van der Waals surface area contributed by atoms with Crippen LogP contribution in [0.2, 0.25) is 0 Å². The van der Waals surface area contributed by atoms with Gasteiger partial charge in [-0.05, 0) is 25.7 Å². The minimum atomic E-state index is -0.934. The highest BCUT2D eigenvalue weighted by Crippen LogP contribution is 2.20. The van der Waals surface area contributed by atoms with Crippen molar-refractivity contribution >= 4 is 11.9 Å². The summed E-state index contributed by atoms with van der Waals surface area (Å²) in [4.78, 5) is 24.7. The molecule has 2 fully saturated rings. The van der Waals surface area contributed by atoms with Crippen molar-refractivity contribution in [2.24, 2.45) is 0 Å². The fraction of sp³-hybridized carbons (Fsp3) is 0.818. The highest BCUT2D eigenvalue weighted by Gasteiger charge is 2.37. The highest BCUT2D eigenvalue weighted by molar-refractivity contribution is 5.87. The van der Waals surface area contributed by atoms with Crippen molar-refractivity contribution in [3.8, 4) is 0 Å². The molecule has 2 aliphatic heterocycles. The Balaban J connectivity index is 2.03. The Morgan fingerprint density at radius 1 is 1.29 bits per heavy atom. The minimum Gasteiger partial charge on any atom is -0.480 e. The first-order valence-corrected chi connectivity index (χ1v) is 6.04. The molecule has 17 heavy (non-hydrogen) atoms. The third-order valence-electron chi connectivity index (χ3n) is 3.48. The van der Waals surface area contributed by atoms with Gasteiger partial charge in [0, 0.05) is 13.1 Å². The number of carbonyl (C=O) groups excluding carboxylic acids is 1. The molecule has 2 unspecified atom stereocenters. The highest BCUT2D eigenvalue weighted by atomic mass is 16.4. The second-order valence-corrected chi connectivity index (χ2v) is 4.73. The van der Waals surface area contributed by atoms with Crippen LogP contribution in [-0.2, 0) is 9.59 Å². The molecule has 2 rings (SSSR count). The first kappa shape index (κ1) is 12.3. The lowest BCUT2D eigenvalue weighted by atomic mass is 10.0. The molecule has 0 aromatic carbocycles. The van der Waals surface area contributed by atoms with Crippen LogP contribution in [0.15, 0.2) is 0 Å². The number of nitrogens with zero attached hydrogens (tertiary/aromatic N) is 1. The first-order valence-electron chi connectivity index (χ1n) is 6.04. The molecule has 3 N–H and O–H groups in total. The molecule has 96 valence electrons. The fourth-order valence-electron chi connectivity index (χ4n) is 2.56. The van der Waals surface area contributed by atoms with Crippen molar-refractivity contribution in [3.05, 3.63) is 0 Å². The van der Waals surface area contributed by atoms with Crippen LogP contribution in [0.3, 0.4) is 0 Å². The lowest BCUT2D eigenvalue weighted by Crippen LogP contribution is -2.53. The van der Waals surface area contributed by atoms with Crippen LogP contribution in [0, 0.1) is 0 Å². The second-order valence-electron chi connectivity index (χ2n) is 4.73. The Labute approximate surface area is 99.6 Å². The molecule has 2 aliphatic rings. The van der Waals surface area contributed by atoms with E-state index in [0.717, 1.165) is 12.8 Å². The number of rotatable bonds is 2. The molecular weight excluding hydrogens is 224 g/mol. The van der Waals surface area contributed by atoms with Gasteiger partial charge in [-0.1, -0.05) is 0 Å². The standard InChI is InChI=1S/C11H18N2O4/c14-7-5-8(12-6-7)10(15)13-4-2-1-3-9(13)11(16)17/h7-9,12,14H,1-6H2,(H,16,17)/t7?,8?,9-/m1/s1. The number of carboxylic acids is 1. The Morgan fingerprint density at radius 3 is 2.65 bits per heavy atom. The number of likely N-dealkylation sites (tertiary alicyclic amines) is 1. The molecule has 0 aromatic rings. The number of aliphatic hydroxyl groups is 1. The predicted molar refractivity (Wildman–Crippen MR) is 59.4 cm³/mol. The zero-order chi connectivity index (χ0) is 12.4. The Kier molecular flexibility index (Phi) is 3.63. The number of carboxylic acid groups (broad SMARTS) is 1. The SMILES string of the molecule is O=C(O)[C@H]1CCCCN1C(=O)C1CC(O)CN1. The maximum atomic E-state index is 12.1. The number of piperidine rings is 1. The molecule has 0 aromatic heterocycles. The van der Waals surface area contributed by atoms with Gasteiger partial charge in [-0.2, -0.15) is 0 Å². The van der Waals surface area contributed by atoms with Crippen LogP contribution < -0.4 is 5.32 Å². The third-order valence-corrected chi connectivity index (χ3v) is 3.48. The number of β-amino-alcohol motifs (C(OH)–C–C–N with tert-alkyl or cyclic N) is 1. The van der Waals surface area contributed by atoms with E-state index in [4.69, 9.17) is 5.11 Å². The van der Waals surface area contributed by atoms with Gasteiger partial charge in [0.25, 0.3) is 0 Å². The molecule has 6 heteroatoms. The van der Waals surface area contributed by atoms with Crippen molar-refractivity contribution < 1.29 is 19.8 Å². The number of nitrogens with one attached hydrogen (secondary N) is 1. The van der Waals surface area contributed by atoms with E-state index in [9.17, 15) is 14.7 Å². The zero-order valence-electron chi connectivity index (χ0n) is 9.63. The average molecular weight is 242 g/mol. The normalized spacial score (nSPS) is 33.7. The largest absolute Gasteiger partial charge is 0.480 e. The quantitative estimate of drug-likeness (QED) is 0.588. The van der Waals surface area contributed by atoms with Crippen molar-refractivity contribution in [2.75, 3.05) is 13.1 Å². The van der Waals surface area contributed by atoms with Gasteiger partial charge in [0.2, 0.25) is 5.91 Å². The molecular formula is C11H18N2O4. The van der Waals surface area contributed by atoms with E-state index in [0.29, 0.717) is 25.9 Å². The molecule has 2 heterocycles. The summed E-state index contributed by atoms with van der Waals surface area (Å²) in [5.41, 5.74) is 0. The molecule has 0 spiro atoms. The van der Waals surface area contributed by atoms with E-state index in [-0.39, 0.29) is 5.91 Å². The lowest BCUT2D eigenvalue weighted by Gasteiger charge is -2.34. The van der Waals surface area contributed by atoms with Gasteiger partial charge < -0.3 is 20.4 Å². The van der Waals surface area contributed by atoms with Gasteiger partial charge in [0.1, 0.15) is 6.04 Å². The molecule has 0 saturated carbocycles. The summed E-state index contributed by atoms with van der Waals surface area (Å²) in [6, 6.07) is -1.12. The van der Waals surface area contributed by atoms with Crippen molar-refractivity contribution in [2.45, 2.75) is 43.9 Å². The lowest BCUT2D eigenvalue weighted by molar-refractivity contribution is -0.152. The summed E-state index contributed by atoms with van der Waals surface area (Å²) in [5.74, 6) is -1.12. The summed E-state index contributed by atoms with van der Waals surface area (Å²) in [5, 5.41) is 21.4. The fourth-order valence-corrected chi connectivity index (χ4v) is 2.56. The summed E-state index contributed by atoms with van der Waals surface area (Å²) >= 11 is 0. The summed E-state index contributed by atoms with van der Waals surface area (Å²) in [7, 11) is 0.